The Morgan fingerprint density at radius 2 is 0.600 bits per heavy atom. The zero-order valence-electron chi connectivity index (χ0n) is 79.2. The molecule has 0 atom stereocenters. The van der Waals surface area contributed by atoms with Gasteiger partial charge in [0.25, 0.3) is 6.71 Å². The summed E-state index contributed by atoms with van der Waals surface area (Å²) >= 11 is 0. The second kappa shape index (κ2) is 30.3. The van der Waals surface area contributed by atoms with E-state index in [-0.39, 0.29) is 50.0 Å². The van der Waals surface area contributed by atoms with Crippen LogP contribution in [-0.4, -0.2) is 26.6 Å². The van der Waals surface area contributed by atoms with Gasteiger partial charge in [-0.2, -0.15) is 0 Å². The van der Waals surface area contributed by atoms with E-state index in [0.717, 1.165) is 141 Å². The molecule has 10 aromatic carbocycles. The van der Waals surface area contributed by atoms with Crippen LogP contribution >= 0.6 is 0 Å². The Kier molecular flexibility index (Phi) is 20.7. The lowest BCUT2D eigenvalue weighted by Gasteiger charge is -2.48. The quantitative estimate of drug-likeness (QED) is 0.126. The Bertz CT molecular complexity index is 6210. The van der Waals surface area contributed by atoms with E-state index in [1.807, 2.05) is 0 Å². The molecule has 8 heteroatoms. The molecule has 632 valence electrons. The molecule has 0 saturated heterocycles. The van der Waals surface area contributed by atoms with E-state index in [1.54, 1.807) is 0 Å². The SMILES string of the molecule is CC(C)(C)c1cc(-c2cc(C(C)(C)C)nc(C(C)(C)C)c2)c(N2c3ccc(-c4ccccc4)cc3B3c4ccc(N5c6ccccc6C(c6ccccc6)(c6ccccc6)c6ccccc65)cc4N(c4c(-c5cccc(C(C)(C)C)n5)cc(C(C)(C)C)cc4-c4cccc(C(C)(C)C)n4)c4cc(C(C)(C)C)cc2c43)c(-c2cc(C(C)(C)C)nc(C(C)(C)C)c2)c1. The van der Waals surface area contributed by atoms with Crippen LogP contribution in [0.3, 0.4) is 0 Å². The number of rotatable bonds is 10. The van der Waals surface area contributed by atoms with Crippen molar-refractivity contribution in [3.8, 4) is 55.9 Å². The number of nitrogens with zero attached hydrogens (tertiary/aromatic N) is 7. The van der Waals surface area contributed by atoms with Gasteiger partial charge in [-0.1, -0.05) is 345 Å². The third kappa shape index (κ3) is 15.3. The third-order valence-corrected chi connectivity index (χ3v) is 26.1. The van der Waals surface area contributed by atoms with E-state index in [4.69, 9.17) is 19.9 Å². The lowest BCUT2D eigenvalue weighted by molar-refractivity contribution is 0.531. The number of hydrogen-bond acceptors (Lipinski definition) is 7. The second-order valence-corrected chi connectivity index (χ2v) is 44.9. The smallest absolute Gasteiger partial charge is 0.252 e. The maximum absolute atomic E-state index is 5.95. The van der Waals surface area contributed by atoms with Crippen molar-refractivity contribution in [2.45, 2.75) is 241 Å². The average Bonchev–Trinajstić information content (AvgIpc) is 0.683. The molecule has 0 spiro atoms. The fourth-order valence-electron chi connectivity index (χ4n) is 18.9. The fourth-order valence-corrected chi connectivity index (χ4v) is 18.9. The zero-order valence-corrected chi connectivity index (χ0v) is 79.2. The van der Waals surface area contributed by atoms with Crippen LogP contribution in [0.15, 0.2) is 273 Å². The van der Waals surface area contributed by atoms with Gasteiger partial charge >= 0.3 is 0 Å². The molecule has 0 N–H and O–H groups in total. The molecule has 7 heterocycles. The molecule has 3 aliphatic rings. The van der Waals surface area contributed by atoms with Gasteiger partial charge in [-0.15, -0.1) is 0 Å². The molecule has 7 nitrogen and oxygen atoms in total. The number of benzene rings is 10. The number of aromatic nitrogens is 4. The monoisotopic (exact) mass is 1640 g/mol. The van der Waals surface area contributed by atoms with Gasteiger partial charge in [0.2, 0.25) is 0 Å². The highest BCUT2D eigenvalue weighted by Crippen LogP contribution is 2.61. The Morgan fingerprint density at radius 1 is 0.232 bits per heavy atom. The second-order valence-electron chi connectivity index (χ2n) is 44.9. The summed E-state index contributed by atoms with van der Waals surface area (Å²) < 4.78 is 0. The maximum Gasteiger partial charge on any atom is 0.252 e. The van der Waals surface area contributed by atoms with Crippen LogP contribution in [0.5, 0.6) is 0 Å². The molecule has 4 aromatic heterocycles. The van der Waals surface area contributed by atoms with Gasteiger partial charge < -0.3 is 14.7 Å². The van der Waals surface area contributed by atoms with Gasteiger partial charge in [-0.25, -0.2) is 0 Å². The maximum atomic E-state index is 5.95. The molecule has 0 saturated carbocycles. The summed E-state index contributed by atoms with van der Waals surface area (Å²) in [6, 6.07) is 105. The van der Waals surface area contributed by atoms with E-state index in [1.165, 1.54) is 55.3 Å². The summed E-state index contributed by atoms with van der Waals surface area (Å²) in [6.07, 6.45) is 0. The van der Waals surface area contributed by atoms with E-state index < -0.39 is 10.8 Å². The highest BCUT2D eigenvalue weighted by Gasteiger charge is 2.50. The van der Waals surface area contributed by atoms with Crippen molar-refractivity contribution in [2.24, 2.45) is 0 Å². The van der Waals surface area contributed by atoms with Gasteiger partial charge in [0, 0.05) is 117 Å². The van der Waals surface area contributed by atoms with Crippen LogP contribution in [-0.2, 0) is 54.1 Å². The zero-order chi connectivity index (χ0) is 89.2. The van der Waals surface area contributed by atoms with Crippen LogP contribution in [0.2, 0.25) is 0 Å². The van der Waals surface area contributed by atoms with Gasteiger partial charge in [-0.3, -0.25) is 19.9 Å². The number of fused-ring (bicyclic) bond motifs is 6. The van der Waals surface area contributed by atoms with E-state index in [0.29, 0.717) is 0 Å². The van der Waals surface area contributed by atoms with Crippen molar-refractivity contribution < 1.29 is 0 Å². The van der Waals surface area contributed by atoms with Crippen molar-refractivity contribution in [1.82, 2.24) is 19.9 Å². The topological polar surface area (TPSA) is 61.3 Å². The lowest BCUT2D eigenvalue weighted by atomic mass is 9.33. The molecule has 0 fully saturated rings. The van der Waals surface area contributed by atoms with Crippen LogP contribution in [0.4, 0.5) is 51.2 Å². The summed E-state index contributed by atoms with van der Waals surface area (Å²) in [4.78, 5) is 31.3. The van der Waals surface area contributed by atoms with Crippen molar-refractivity contribution in [1.29, 1.82) is 0 Å². The highest BCUT2D eigenvalue weighted by molar-refractivity contribution is 7.00. The largest absolute Gasteiger partial charge is 0.310 e. The summed E-state index contributed by atoms with van der Waals surface area (Å²) in [5.41, 5.74) is 34.9. The summed E-state index contributed by atoms with van der Waals surface area (Å²) in [5, 5.41) is 0. The molecule has 3 aliphatic heterocycles. The fraction of sp³-hybridized carbons (Fsp3) is 0.316. The molecule has 125 heavy (non-hydrogen) atoms. The Balaban J connectivity index is 1.10. The standard InChI is InChI=1S/C117H126BN7/c1-108(2,3)79-66-83(75-62-101(113(16,17)18)121-102(63-75)114(19,20)21)106(84(67-79)76-64-103(115(22,23)24)122-104(65-76)116(25,26)27)124-95-60-57-74(73-43-31-28-32-44-73)61-90(95)118-89-59-58-82(123-93-53-39-37-49-87(93)117(77-45-33-29-34-46-77,78-47-35-30-36-48-78)88-50-38-40-54-94(88)123)72-96(89)125(98-71-81(110(7,8)9)70-97(124)105(98)118)107-85(91-51-41-55-99(119-91)111(10,11)12)68-80(109(4,5)6)69-86(107)92-52-42-56-100(120-92)112(13,14)15/h28-72H,1-27H3. The summed E-state index contributed by atoms with van der Waals surface area (Å²) in [5.74, 6) is 0. The number of hydrogen-bond donors (Lipinski definition) is 0. The minimum absolute atomic E-state index is 0.293. The molecule has 0 bridgehead atoms. The molecule has 17 rings (SSSR count). The van der Waals surface area contributed by atoms with E-state index in [9.17, 15) is 0 Å². The van der Waals surface area contributed by atoms with Gasteiger partial charge in [0.05, 0.1) is 39.6 Å². The van der Waals surface area contributed by atoms with Crippen molar-refractivity contribution >= 4 is 74.3 Å². The number of para-hydroxylation sites is 2. The number of anilines is 9. The van der Waals surface area contributed by atoms with Crippen LogP contribution < -0.4 is 31.1 Å². The minimum Gasteiger partial charge on any atom is -0.310 e. The Morgan fingerprint density at radius 3 is 1.01 bits per heavy atom. The highest BCUT2D eigenvalue weighted by atomic mass is 15.2. The van der Waals surface area contributed by atoms with Crippen LogP contribution in [0, 0.1) is 0 Å². The average molecular weight is 1640 g/mol. The first kappa shape index (κ1) is 85.4. The molecule has 0 amide bonds. The first-order valence-electron chi connectivity index (χ1n) is 45.3. The van der Waals surface area contributed by atoms with E-state index >= 15 is 0 Å². The molecule has 0 radical (unpaired) electrons. The molecular weight excluding hydrogens is 1510 g/mol. The lowest BCUT2D eigenvalue weighted by Crippen LogP contribution is -2.61. The Hall–Kier alpha value is -11.7. The van der Waals surface area contributed by atoms with Crippen molar-refractivity contribution in [2.75, 3.05) is 14.7 Å². The van der Waals surface area contributed by atoms with Gasteiger partial charge in [0.1, 0.15) is 0 Å². The van der Waals surface area contributed by atoms with Crippen molar-refractivity contribution in [3.63, 3.8) is 0 Å². The van der Waals surface area contributed by atoms with E-state index in [2.05, 4.69) is 475 Å². The first-order valence-corrected chi connectivity index (χ1v) is 45.3. The molecular formula is C117H126BN7. The van der Waals surface area contributed by atoms with Crippen LogP contribution in [0.25, 0.3) is 55.9 Å². The molecule has 0 aliphatic carbocycles. The molecule has 14 aromatic rings. The van der Waals surface area contributed by atoms with Gasteiger partial charge in [0.15, 0.2) is 0 Å². The Labute approximate surface area is 747 Å². The predicted octanol–water partition coefficient (Wildman–Crippen LogP) is 29.5. The summed E-state index contributed by atoms with van der Waals surface area (Å²) in [6.45, 7) is 62.6. The minimum atomic E-state index is -0.698. The summed E-state index contributed by atoms with van der Waals surface area (Å²) in [7, 11) is 0. The normalized spacial score (nSPS) is 14.2. The molecule has 0 unspecified atom stereocenters. The predicted molar refractivity (Wildman–Crippen MR) is 534 cm³/mol. The van der Waals surface area contributed by atoms with Crippen LogP contribution in [0.1, 0.15) is 260 Å². The number of pyridine rings is 4. The first-order chi connectivity index (χ1) is 58.7. The van der Waals surface area contributed by atoms with Gasteiger partial charge in [-0.05, 0) is 209 Å². The van der Waals surface area contributed by atoms with Crippen molar-refractivity contribution in [3.05, 3.63) is 346 Å². The third-order valence-electron chi connectivity index (χ3n) is 26.1.